The Morgan fingerprint density at radius 1 is 1.36 bits per heavy atom. The fourth-order valence-corrected chi connectivity index (χ4v) is 0.801. The van der Waals surface area contributed by atoms with E-state index < -0.39 is 18.3 Å². The van der Waals surface area contributed by atoms with Crippen molar-refractivity contribution in [2.75, 3.05) is 14.2 Å². The highest BCUT2D eigenvalue weighted by Crippen LogP contribution is 2.23. The Balaban J connectivity index is 4.16. The van der Waals surface area contributed by atoms with Crippen LogP contribution in [-0.2, 0) is 4.74 Å². The Morgan fingerprint density at radius 3 is 1.91 bits per heavy atom. The van der Waals surface area contributed by atoms with Crippen molar-refractivity contribution >= 4 is 0 Å². The van der Waals surface area contributed by atoms with E-state index >= 15 is 0 Å². The van der Waals surface area contributed by atoms with Gasteiger partial charge in [-0.25, -0.2) is 0 Å². The molecule has 0 aliphatic rings. The van der Waals surface area contributed by atoms with E-state index in [0.29, 0.717) is 0 Å². The molecule has 11 heavy (non-hydrogen) atoms. The summed E-state index contributed by atoms with van der Waals surface area (Å²) in [6.07, 6.45) is -5.11. The lowest BCUT2D eigenvalue weighted by Gasteiger charge is -2.24. The topological polar surface area (TPSA) is 21.3 Å². The van der Waals surface area contributed by atoms with Crippen molar-refractivity contribution in [3.8, 4) is 0 Å². The molecule has 0 heterocycles. The molecule has 5 heteroatoms. The van der Waals surface area contributed by atoms with Crippen molar-refractivity contribution < 1.29 is 17.9 Å². The molecule has 0 aromatic rings. The maximum Gasteiger partial charge on any atom is 0.406 e. The lowest BCUT2D eigenvalue weighted by atomic mass is 10.2. The van der Waals surface area contributed by atoms with Crippen molar-refractivity contribution in [1.82, 2.24) is 5.32 Å². The quantitative estimate of drug-likeness (QED) is 0.688. The maximum absolute atomic E-state index is 12.0. The molecule has 0 aromatic heterocycles. The smallest absolute Gasteiger partial charge is 0.380 e. The van der Waals surface area contributed by atoms with Crippen molar-refractivity contribution in [2.24, 2.45) is 0 Å². The van der Waals surface area contributed by atoms with E-state index in [9.17, 15) is 13.2 Å². The van der Waals surface area contributed by atoms with E-state index in [1.165, 1.54) is 21.1 Å². The SMILES string of the molecule is CNC(C(C)OC)C(F)(F)F. The highest BCUT2D eigenvalue weighted by atomic mass is 19.4. The van der Waals surface area contributed by atoms with Crippen molar-refractivity contribution in [3.63, 3.8) is 0 Å². The minimum absolute atomic E-state index is 0.861. The molecule has 0 saturated heterocycles. The lowest BCUT2D eigenvalue weighted by molar-refractivity contribution is -0.177. The molecule has 0 fully saturated rings. The van der Waals surface area contributed by atoms with Crippen LogP contribution in [-0.4, -0.2) is 32.5 Å². The van der Waals surface area contributed by atoms with E-state index in [0.717, 1.165) is 0 Å². The first-order valence-electron chi connectivity index (χ1n) is 3.20. The van der Waals surface area contributed by atoms with Crippen LogP contribution in [0.1, 0.15) is 6.92 Å². The van der Waals surface area contributed by atoms with E-state index in [1.54, 1.807) is 0 Å². The molecule has 2 nitrogen and oxygen atoms in total. The molecule has 2 unspecified atom stereocenters. The second-order valence-electron chi connectivity index (χ2n) is 2.25. The number of methoxy groups -OCH3 is 1. The average Bonchev–Trinajstić information content (AvgIpc) is 1.86. The van der Waals surface area contributed by atoms with E-state index in [-0.39, 0.29) is 0 Å². The minimum Gasteiger partial charge on any atom is -0.380 e. The van der Waals surface area contributed by atoms with Crippen LogP contribution < -0.4 is 5.32 Å². The summed E-state index contributed by atoms with van der Waals surface area (Å²) in [5, 5.41) is 2.14. The Kier molecular flexibility index (Phi) is 3.82. The second kappa shape index (κ2) is 3.92. The molecule has 68 valence electrons. The third kappa shape index (κ3) is 3.07. The predicted molar refractivity (Wildman–Crippen MR) is 35.4 cm³/mol. The monoisotopic (exact) mass is 171 g/mol. The van der Waals surface area contributed by atoms with Gasteiger partial charge >= 0.3 is 6.18 Å². The summed E-state index contributed by atoms with van der Waals surface area (Å²) < 4.78 is 40.6. The van der Waals surface area contributed by atoms with Gasteiger partial charge in [-0.3, -0.25) is 0 Å². The molecule has 0 aliphatic heterocycles. The van der Waals surface area contributed by atoms with E-state index in [1.807, 2.05) is 0 Å². The van der Waals surface area contributed by atoms with Gasteiger partial charge in [0.1, 0.15) is 6.04 Å². The minimum atomic E-state index is -4.25. The summed E-state index contributed by atoms with van der Waals surface area (Å²) in [5.41, 5.74) is 0. The average molecular weight is 171 g/mol. The number of hydrogen-bond acceptors (Lipinski definition) is 2. The van der Waals surface area contributed by atoms with Crippen molar-refractivity contribution in [3.05, 3.63) is 0 Å². The van der Waals surface area contributed by atoms with Crippen LogP contribution in [0.2, 0.25) is 0 Å². The molecule has 0 bridgehead atoms. The number of nitrogens with one attached hydrogen (secondary N) is 1. The van der Waals surface area contributed by atoms with Crippen LogP contribution in [0.4, 0.5) is 13.2 Å². The van der Waals surface area contributed by atoms with Gasteiger partial charge in [-0.1, -0.05) is 0 Å². The Morgan fingerprint density at radius 2 is 1.82 bits per heavy atom. The molecule has 0 aromatic carbocycles. The first-order chi connectivity index (χ1) is 4.93. The lowest BCUT2D eigenvalue weighted by Crippen LogP contribution is -2.48. The second-order valence-corrected chi connectivity index (χ2v) is 2.25. The first kappa shape index (κ1) is 10.7. The molecular weight excluding hydrogens is 159 g/mol. The van der Waals surface area contributed by atoms with E-state index in [4.69, 9.17) is 0 Å². The molecule has 0 aliphatic carbocycles. The largest absolute Gasteiger partial charge is 0.406 e. The number of ether oxygens (including phenoxy) is 1. The van der Waals surface area contributed by atoms with Gasteiger partial charge in [-0.05, 0) is 14.0 Å². The predicted octanol–water partition coefficient (Wildman–Crippen LogP) is 1.17. The summed E-state index contributed by atoms with van der Waals surface area (Å²) in [6, 6.07) is -1.59. The third-order valence-corrected chi connectivity index (χ3v) is 1.50. The summed E-state index contributed by atoms with van der Waals surface area (Å²) in [7, 11) is 2.51. The molecule has 2 atom stereocenters. The van der Waals surface area contributed by atoms with Gasteiger partial charge in [0.15, 0.2) is 0 Å². The van der Waals surface area contributed by atoms with Gasteiger partial charge < -0.3 is 10.1 Å². The fraction of sp³-hybridized carbons (Fsp3) is 1.00. The van der Waals surface area contributed by atoms with Gasteiger partial charge in [0.2, 0.25) is 0 Å². The Hall–Kier alpha value is -0.290. The van der Waals surface area contributed by atoms with Gasteiger partial charge in [0.25, 0.3) is 0 Å². The summed E-state index contributed by atoms with van der Waals surface area (Å²) in [6.45, 7) is 1.37. The van der Waals surface area contributed by atoms with E-state index in [2.05, 4.69) is 10.1 Å². The summed E-state index contributed by atoms with van der Waals surface area (Å²) >= 11 is 0. The molecular formula is C6H12F3NO. The van der Waals surface area contributed by atoms with Crippen molar-refractivity contribution in [2.45, 2.75) is 25.2 Å². The molecule has 0 saturated carbocycles. The number of likely N-dealkylation sites (N-methyl/N-ethyl adjacent to an activating group) is 1. The Labute approximate surface area is 63.7 Å². The zero-order chi connectivity index (χ0) is 9.07. The first-order valence-corrected chi connectivity index (χ1v) is 3.20. The summed E-state index contributed by atoms with van der Waals surface area (Å²) in [4.78, 5) is 0. The van der Waals surface area contributed by atoms with Crippen LogP contribution in [0, 0.1) is 0 Å². The zero-order valence-corrected chi connectivity index (χ0v) is 6.70. The number of rotatable bonds is 3. The highest BCUT2D eigenvalue weighted by Gasteiger charge is 2.42. The molecule has 0 rings (SSSR count). The van der Waals surface area contributed by atoms with Gasteiger partial charge in [-0.2, -0.15) is 13.2 Å². The summed E-state index contributed by atoms with van der Waals surface area (Å²) in [5.74, 6) is 0. The Bertz CT molecular complexity index is 115. The fourth-order valence-electron chi connectivity index (χ4n) is 0.801. The van der Waals surface area contributed by atoms with Crippen LogP contribution in [0.3, 0.4) is 0 Å². The van der Waals surface area contributed by atoms with Gasteiger partial charge in [0, 0.05) is 7.11 Å². The van der Waals surface area contributed by atoms with Gasteiger partial charge in [0.05, 0.1) is 6.10 Å². The highest BCUT2D eigenvalue weighted by molar-refractivity contribution is 4.79. The standard InChI is InChI=1S/C6H12F3NO/c1-4(11-3)5(10-2)6(7,8)9/h4-5,10H,1-3H3. The maximum atomic E-state index is 12.0. The number of alkyl halides is 3. The normalized spacial score (nSPS) is 18.0. The van der Waals surface area contributed by atoms with Crippen molar-refractivity contribution in [1.29, 1.82) is 0 Å². The zero-order valence-electron chi connectivity index (χ0n) is 6.70. The molecule has 1 N–H and O–H groups in total. The van der Waals surface area contributed by atoms with Crippen LogP contribution in [0.5, 0.6) is 0 Å². The van der Waals surface area contributed by atoms with Crippen LogP contribution in [0.25, 0.3) is 0 Å². The van der Waals surface area contributed by atoms with Gasteiger partial charge in [-0.15, -0.1) is 0 Å². The third-order valence-electron chi connectivity index (χ3n) is 1.50. The molecule has 0 amide bonds. The molecule has 0 radical (unpaired) electrons. The number of halogens is 3. The van der Waals surface area contributed by atoms with Crippen LogP contribution in [0.15, 0.2) is 0 Å². The number of hydrogen-bond donors (Lipinski definition) is 1. The van der Waals surface area contributed by atoms with Crippen LogP contribution >= 0.6 is 0 Å². The molecule has 0 spiro atoms.